The van der Waals surface area contributed by atoms with Gasteiger partial charge in [-0.3, -0.25) is 0 Å². The second kappa shape index (κ2) is 3.38. The van der Waals surface area contributed by atoms with Crippen molar-refractivity contribution in [3.8, 4) is 0 Å². The quantitative estimate of drug-likeness (QED) is 0.844. The van der Waals surface area contributed by atoms with Gasteiger partial charge in [0.1, 0.15) is 0 Å². The zero-order valence-electron chi connectivity index (χ0n) is 8.98. The smallest absolute Gasteiger partial charge is 0.0423 e. The molecular formula is C12H15Cl2N. The largest absolute Gasteiger partial charge is 0.330 e. The highest BCUT2D eigenvalue weighted by Gasteiger charge is 2.60. The first-order valence-corrected chi connectivity index (χ1v) is 5.83. The van der Waals surface area contributed by atoms with Gasteiger partial charge in [-0.15, -0.1) is 0 Å². The van der Waals surface area contributed by atoms with Gasteiger partial charge in [0.05, 0.1) is 0 Å². The lowest BCUT2D eigenvalue weighted by atomic mass is 9.88. The van der Waals surface area contributed by atoms with Crippen LogP contribution in [0.25, 0.3) is 0 Å². The first kappa shape index (κ1) is 11.3. The number of hydrogen-bond donors (Lipinski definition) is 1. The molecule has 2 N–H and O–H groups in total. The third kappa shape index (κ3) is 1.67. The molecule has 1 atom stereocenters. The molecule has 0 bridgehead atoms. The van der Waals surface area contributed by atoms with Crippen LogP contribution >= 0.6 is 23.2 Å². The lowest BCUT2D eigenvalue weighted by molar-refractivity contribution is 0.503. The van der Waals surface area contributed by atoms with Crippen molar-refractivity contribution in [3.63, 3.8) is 0 Å². The van der Waals surface area contributed by atoms with Gasteiger partial charge in [-0.25, -0.2) is 0 Å². The van der Waals surface area contributed by atoms with E-state index >= 15 is 0 Å². The Hall–Kier alpha value is -0.240. The molecule has 0 radical (unpaired) electrons. The molecule has 1 aliphatic carbocycles. The Bertz CT molecular complexity index is 380. The minimum atomic E-state index is 0.0710. The van der Waals surface area contributed by atoms with Crippen LogP contribution in [-0.2, 0) is 5.41 Å². The van der Waals surface area contributed by atoms with Gasteiger partial charge in [-0.1, -0.05) is 37.0 Å². The van der Waals surface area contributed by atoms with Gasteiger partial charge in [-0.2, -0.15) is 0 Å². The summed E-state index contributed by atoms with van der Waals surface area (Å²) in [5.74, 6) is 0. The van der Waals surface area contributed by atoms with Crippen LogP contribution in [0.4, 0.5) is 0 Å². The Kier molecular flexibility index (Phi) is 2.53. The molecule has 1 saturated carbocycles. The number of halogens is 2. The summed E-state index contributed by atoms with van der Waals surface area (Å²) in [6.07, 6.45) is 1.10. The fourth-order valence-electron chi connectivity index (χ4n) is 2.50. The van der Waals surface area contributed by atoms with Crippen LogP contribution in [0.3, 0.4) is 0 Å². The van der Waals surface area contributed by atoms with Crippen molar-refractivity contribution < 1.29 is 0 Å². The normalized spacial score (nSPS) is 27.8. The highest BCUT2D eigenvalue weighted by atomic mass is 35.5. The maximum absolute atomic E-state index is 6.01. The van der Waals surface area contributed by atoms with E-state index in [0.717, 1.165) is 6.42 Å². The second-order valence-electron chi connectivity index (χ2n) is 5.01. The Morgan fingerprint density at radius 2 is 1.67 bits per heavy atom. The van der Waals surface area contributed by atoms with E-state index in [1.165, 1.54) is 5.56 Å². The molecule has 0 amide bonds. The van der Waals surface area contributed by atoms with Crippen molar-refractivity contribution in [2.24, 2.45) is 11.1 Å². The highest BCUT2D eigenvalue weighted by Crippen LogP contribution is 2.63. The molecule has 1 aromatic carbocycles. The predicted molar refractivity (Wildman–Crippen MR) is 65.6 cm³/mol. The van der Waals surface area contributed by atoms with E-state index in [9.17, 15) is 0 Å². The number of nitrogens with two attached hydrogens (primary N) is 1. The molecule has 82 valence electrons. The third-order valence-corrected chi connectivity index (χ3v) is 4.11. The van der Waals surface area contributed by atoms with Crippen molar-refractivity contribution in [2.75, 3.05) is 6.54 Å². The van der Waals surface area contributed by atoms with E-state index in [1.807, 2.05) is 12.1 Å². The van der Waals surface area contributed by atoms with Crippen LogP contribution in [0, 0.1) is 5.41 Å². The van der Waals surface area contributed by atoms with E-state index in [4.69, 9.17) is 28.9 Å². The van der Waals surface area contributed by atoms with Crippen LogP contribution in [0.2, 0.25) is 10.0 Å². The monoisotopic (exact) mass is 243 g/mol. The maximum atomic E-state index is 6.01. The summed E-state index contributed by atoms with van der Waals surface area (Å²) in [6.45, 7) is 5.11. The number of rotatable bonds is 2. The Labute approximate surface area is 101 Å². The third-order valence-electron chi connectivity index (χ3n) is 3.68. The summed E-state index contributed by atoms with van der Waals surface area (Å²) in [4.78, 5) is 0. The summed E-state index contributed by atoms with van der Waals surface area (Å²) in [5.41, 5.74) is 7.39. The highest BCUT2D eigenvalue weighted by molar-refractivity contribution is 6.34. The lowest BCUT2D eigenvalue weighted by Gasteiger charge is -2.19. The van der Waals surface area contributed by atoms with Gasteiger partial charge >= 0.3 is 0 Å². The molecule has 1 aliphatic rings. The molecule has 0 aromatic heterocycles. The first-order valence-electron chi connectivity index (χ1n) is 5.08. The van der Waals surface area contributed by atoms with Crippen LogP contribution < -0.4 is 5.73 Å². The molecule has 0 saturated heterocycles. The first-order chi connectivity index (χ1) is 6.91. The summed E-state index contributed by atoms with van der Waals surface area (Å²) in [5, 5.41) is 1.38. The lowest BCUT2D eigenvalue weighted by Crippen LogP contribution is -2.25. The maximum Gasteiger partial charge on any atom is 0.0423 e. The van der Waals surface area contributed by atoms with Crippen molar-refractivity contribution in [3.05, 3.63) is 33.8 Å². The predicted octanol–water partition coefficient (Wildman–Crippen LogP) is 3.62. The minimum absolute atomic E-state index is 0.0710. The van der Waals surface area contributed by atoms with Gasteiger partial charge < -0.3 is 5.73 Å². The van der Waals surface area contributed by atoms with Crippen LogP contribution in [0.1, 0.15) is 25.8 Å². The zero-order chi connectivity index (χ0) is 11.3. The molecule has 1 unspecified atom stereocenters. The van der Waals surface area contributed by atoms with E-state index in [0.29, 0.717) is 16.6 Å². The Morgan fingerprint density at radius 3 is 2.00 bits per heavy atom. The minimum Gasteiger partial charge on any atom is -0.330 e. The van der Waals surface area contributed by atoms with E-state index in [1.54, 1.807) is 6.07 Å². The average molecular weight is 244 g/mol. The molecule has 0 aliphatic heterocycles. The molecular weight excluding hydrogens is 229 g/mol. The number of benzene rings is 1. The second-order valence-corrected chi connectivity index (χ2v) is 5.88. The molecule has 2 rings (SSSR count). The molecule has 1 fully saturated rings. The van der Waals surface area contributed by atoms with Gasteiger partial charge in [0.2, 0.25) is 0 Å². The van der Waals surface area contributed by atoms with E-state index in [2.05, 4.69) is 13.8 Å². The fourth-order valence-corrected chi connectivity index (χ4v) is 3.03. The van der Waals surface area contributed by atoms with Gasteiger partial charge in [0, 0.05) is 22.0 Å². The molecule has 1 aromatic rings. The zero-order valence-corrected chi connectivity index (χ0v) is 10.5. The standard InChI is InChI=1S/C12H15Cl2N/c1-11(2)6-12(11,7-15)8-3-9(13)5-10(14)4-8/h3-5H,6-7,15H2,1-2H3. The van der Waals surface area contributed by atoms with Gasteiger partial charge in [0.25, 0.3) is 0 Å². The molecule has 0 spiro atoms. The summed E-state index contributed by atoms with van der Waals surface area (Å²) >= 11 is 12.0. The van der Waals surface area contributed by atoms with Crippen LogP contribution in [0.15, 0.2) is 18.2 Å². The van der Waals surface area contributed by atoms with Crippen molar-refractivity contribution in [1.29, 1.82) is 0 Å². The summed E-state index contributed by atoms with van der Waals surface area (Å²) in [7, 11) is 0. The van der Waals surface area contributed by atoms with Crippen molar-refractivity contribution in [1.82, 2.24) is 0 Å². The summed E-state index contributed by atoms with van der Waals surface area (Å²) in [6, 6.07) is 5.72. The average Bonchev–Trinajstić information content (AvgIpc) is 2.68. The van der Waals surface area contributed by atoms with E-state index < -0.39 is 0 Å². The topological polar surface area (TPSA) is 26.0 Å². The van der Waals surface area contributed by atoms with Crippen molar-refractivity contribution >= 4 is 23.2 Å². The number of hydrogen-bond acceptors (Lipinski definition) is 1. The summed E-state index contributed by atoms with van der Waals surface area (Å²) < 4.78 is 0. The van der Waals surface area contributed by atoms with Gasteiger partial charge in [0.15, 0.2) is 0 Å². The SMILES string of the molecule is CC1(C)CC1(CN)c1cc(Cl)cc(Cl)c1. The van der Waals surface area contributed by atoms with E-state index in [-0.39, 0.29) is 10.8 Å². The molecule has 3 heteroatoms. The Morgan fingerprint density at radius 1 is 1.20 bits per heavy atom. The van der Waals surface area contributed by atoms with Gasteiger partial charge in [-0.05, 0) is 35.6 Å². The fraction of sp³-hybridized carbons (Fsp3) is 0.500. The van der Waals surface area contributed by atoms with Crippen molar-refractivity contribution in [2.45, 2.75) is 25.7 Å². The van der Waals surface area contributed by atoms with Crippen LogP contribution in [0.5, 0.6) is 0 Å². The molecule has 1 nitrogen and oxygen atoms in total. The molecule has 15 heavy (non-hydrogen) atoms. The molecule has 0 heterocycles. The van der Waals surface area contributed by atoms with Crippen LogP contribution in [-0.4, -0.2) is 6.54 Å². The Balaban J connectivity index is 2.46.